The lowest BCUT2D eigenvalue weighted by Crippen LogP contribution is -2.43. The highest BCUT2D eigenvalue weighted by atomic mass is 16.5. The van der Waals surface area contributed by atoms with E-state index in [1.807, 2.05) is 13.8 Å². The van der Waals surface area contributed by atoms with Crippen molar-refractivity contribution in [1.82, 2.24) is 15.5 Å². The van der Waals surface area contributed by atoms with Crippen molar-refractivity contribution in [2.45, 2.75) is 33.1 Å². The summed E-state index contributed by atoms with van der Waals surface area (Å²) < 4.78 is 4.71. The molecule has 0 aliphatic carbocycles. The molecule has 0 bridgehead atoms. The lowest BCUT2D eigenvalue weighted by atomic mass is 10.1. The normalized spacial score (nSPS) is 18.1. The van der Waals surface area contributed by atoms with Gasteiger partial charge in [0.2, 0.25) is 0 Å². The molecule has 0 aromatic carbocycles. The van der Waals surface area contributed by atoms with E-state index in [4.69, 9.17) is 4.74 Å². The van der Waals surface area contributed by atoms with E-state index in [1.54, 1.807) is 0 Å². The third-order valence-electron chi connectivity index (χ3n) is 3.64. The van der Waals surface area contributed by atoms with Crippen molar-refractivity contribution in [3.63, 3.8) is 0 Å². The van der Waals surface area contributed by atoms with E-state index in [0.29, 0.717) is 6.54 Å². The Labute approximate surface area is 128 Å². The van der Waals surface area contributed by atoms with Gasteiger partial charge in [0.05, 0.1) is 19.6 Å². The van der Waals surface area contributed by atoms with E-state index in [9.17, 15) is 4.79 Å². The zero-order valence-electron chi connectivity index (χ0n) is 13.7. The van der Waals surface area contributed by atoms with E-state index < -0.39 is 0 Å². The predicted octanol–water partition coefficient (Wildman–Crippen LogP) is 0.837. The molecule has 0 aromatic rings. The molecule has 6 nitrogen and oxygen atoms in total. The van der Waals surface area contributed by atoms with Gasteiger partial charge in [-0.1, -0.05) is 13.3 Å². The number of nitrogens with zero attached hydrogens (tertiary/aromatic N) is 2. The van der Waals surface area contributed by atoms with Crippen LogP contribution in [0, 0.1) is 5.92 Å². The van der Waals surface area contributed by atoms with Gasteiger partial charge in [-0.05, 0) is 32.9 Å². The van der Waals surface area contributed by atoms with E-state index >= 15 is 0 Å². The summed E-state index contributed by atoms with van der Waals surface area (Å²) in [7, 11) is 1.41. The average molecular weight is 298 g/mol. The van der Waals surface area contributed by atoms with E-state index in [1.165, 1.54) is 39.5 Å². The molecule has 122 valence electrons. The van der Waals surface area contributed by atoms with Crippen molar-refractivity contribution in [3.05, 3.63) is 0 Å². The van der Waals surface area contributed by atoms with E-state index in [-0.39, 0.29) is 11.9 Å². The van der Waals surface area contributed by atoms with Crippen LogP contribution in [0.25, 0.3) is 0 Å². The fourth-order valence-corrected chi connectivity index (χ4v) is 2.36. The summed E-state index contributed by atoms with van der Waals surface area (Å²) >= 11 is 0. The smallest absolute Gasteiger partial charge is 0.310 e. The summed E-state index contributed by atoms with van der Waals surface area (Å²) in [6.07, 6.45) is 3.98. The topological polar surface area (TPSA) is 66.0 Å². The number of esters is 1. The monoisotopic (exact) mass is 298 g/mol. The number of carbonyl (C=O) groups is 1. The molecule has 21 heavy (non-hydrogen) atoms. The van der Waals surface area contributed by atoms with Crippen LogP contribution in [-0.4, -0.2) is 63.2 Å². The number of rotatable bonds is 7. The first kappa shape index (κ1) is 17.8. The molecule has 1 atom stereocenters. The highest BCUT2D eigenvalue weighted by Crippen LogP contribution is 2.07. The molecule has 1 saturated heterocycles. The maximum atomic E-state index is 11.4. The largest absolute Gasteiger partial charge is 0.469 e. The van der Waals surface area contributed by atoms with Crippen molar-refractivity contribution in [3.8, 4) is 0 Å². The summed E-state index contributed by atoms with van der Waals surface area (Å²) in [4.78, 5) is 18.3. The van der Waals surface area contributed by atoms with Gasteiger partial charge >= 0.3 is 5.97 Å². The minimum absolute atomic E-state index is 0.215. The molecule has 1 rings (SSSR count). The van der Waals surface area contributed by atoms with Crippen LogP contribution >= 0.6 is 0 Å². The maximum Gasteiger partial charge on any atom is 0.310 e. The van der Waals surface area contributed by atoms with Crippen LogP contribution in [0.1, 0.15) is 33.1 Å². The second kappa shape index (κ2) is 10.4. The molecule has 0 spiro atoms. The zero-order chi connectivity index (χ0) is 15.5. The summed E-state index contributed by atoms with van der Waals surface area (Å²) in [6.45, 7) is 9.42. The Balaban J connectivity index is 2.32. The molecular formula is C15H30N4O2. The Morgan fingerprint density at radius 1 is 1.29 bits per heavy atom. The zero-order valence-corrected chi connectivity index (χ0v) is 13.7. The predicted molar refractivity (Wildman–Crippen MR) is 85.5 cm³/mol. The molecule has 2 N–H and O–H groups in total. The number of carbonyl (C=O) groups excluding carboxylic acids is 1. The van der Waals surface area contributed by atoms with E-state index in [2.05, 4.69) is 20.5 Å². The highest BCUT2D eigenvalue weighted by Gasteiger charge is 2.13. The Kier molecular flexibility index (Phi) is 8.82. The molecule has 1 aliphatic heterocycles. The summed E-state index contributed by atoms with van der Waals surface area (Å²) in [6, 6.07) is 0. The number of hydrogen-bond acceptors (Lipinski definition) is 4. The van der Waals surface area contributed by atoms with Crippen LogP contribution in [-0.2, 0) is 9.53 Å². The Bertz CT molecular complexity index is 328. The molecule has 1 heterocycles. The highest BCUT2D eigenvalue weighted by molar-refractivity contribution is 5.80. The van der Waals surface area contributed by atoms with Crippen molar-refractivity contribution >= 4 is 11.9 Å². The summed E-state index contributed by atoms with van der Waals surface area (Å²) in [5.74, 6) is 0.334. The maximum absolute atomic E-state index is 11.4. The number of hydrogen-bond donors (Lipinski definition) is 2. The Hall–Kier alpha value is -1.30. The average Bonchev–Trinajstić information content (AvgIpc) is 2.52. The van der Waals surface area contributed by atoms with E-state index in [0.717, 1.165) is 25.6 Å². The van der Waals surface area contributed by atoms with Crippen LogP contribution in [0.15, 0.2) is 4.99 Å². The van der Waals surface area contributed by atoms with Crippen molar-refractivity contribution in [2.24, 2.45) is 10.9 Å². The molecule has 6 heteroatoms. The van der Waals surface area contributed by atoms with Gasteiger partial charge in [-0.15, -0.1) is 0 Å². The molecule has 0 saturated carbocycles. The third kappa shape index (κ3) is 7.32. The molecule has 0 radical (unpaired) electrons. The van der Waals surface area contributed by atoms with Gasteiger partial charge in [0.1, 0.15) is 0 Å². The number of likely N-dealkylation sites (tertiary alicyclic amines) is 1. The van der Waals surface area contributed by atoms with Crippen molar-refractivity contribution < 1.29 is 9.53 Å². The van der Waals surface area contributed by atoms with Crippen LogP contribution in [0.3, 0.4) is 0 Å². The van der Waals surface area contributed by atoms with Crippen LogP contribution < -0.4 is 10.6 Å². The molecule has 0 amide bonds. The minimum atomic E-state index is -0.220. The number of piperidine rings is 1. The molecular weight excluding hydrogens is 268 g/mol. The van der Waals surface area contributed by atoms with Crippen LogP contribution in [0.5, 0.6) is 0 Å². The lowest BCUT2D eigenvalue weighted by Gasteiger charge is -2.26. The first-order valence-corrected chi connectivity index (χ1v) is 7.99. The molecule has 1 aliphatic rings. The summed E-state index contributed by atoms with van der Waals surface area (Å²) in [5, 5.41) is 6.53. The number of nitrogens with one attached hydrogen (secondary N) is 2. The van der Waals surface area contributed by atoms with Crippen molar-refractivity contribution in [2.75, 3.05) is 46.4 Å². The van der Waals surface area contributed by atoms with Gasteiger partial charge in [0.15, 0.2) is 5.96 Å². The summed E-state index contributed by atoms with van der Waals surface area (Å²) in [5.41, 5.74) is 0. The van der Waals surface area contributed by atoms with Gasteiger partial charge < -0.3 is 20.3 Å². The van der Waals surface area contributed by atoms with Crippen molar-refractivity contribution in [1.29, 1.82) is 0 Å². The van der Waals surface area contributed by atoms with Gasteiger partial charge in [0.25, 0.3) is 0 Å². The number of ether oxygens (including phenoxy) is 1. The fraction of sp³-hybridized carbons (Fsp3) is 0.867. The number of methoxy groups -OCH3 is 1. The van der Waals surface area contributed by atoms with Gasteiger partial charge in [-0.3, -0.25) is 9.79 Å². The van der Waals surface area contributed by atoms with Gasteiger partial charge in [-0.2, -0.15) is 0 Å². The standard InChI is InChI=1S/C15H30N4O2/c1-4-16-15(18-12-13(2)14(20)21-3)17-8-11-19-9-6-5-7-10-19/h13H,4-12H2,1-3H3,(H2,16,17,18). The number of aliphatic imine (C=N–C) groups is 1. The van der Waals surface area contributed by atoms with Crippen LogP contribution in [0.4, 0.5) is 0 Å². The second-order valence-corrected chi connectivity index (χ2v) is 5.47. The Morgan fingerprint density at radius 3 is 2.62 bits per heavy atom. The lowest BCUT2D eigenvalue weighted by molar-refractivity contribution is -0.144. The first-order chi connectivity index (χ1) is 10.2. The molecule has 0 aromatic heterocycles. The van der Waals surface area contributed by atoms with Gasteiger partial charge in [-0.25, -0.2) is 0 Å². The first-order valence-electron chi connectivity index (χ1n) is 7.99. The Morgan fingerprint density at radius 2 is 2.00 bits per heavy atom. The fourth-order valence-electron chi connectivity index (χ4n) is 2.36. The van der Waals surface area contributed by atoms with Gasteiger partial charge in [0, 0.05) is 19.6 Å². The third-order valence-corrected chi connectivity index (χ3v) is 3.64. The number of guanidine groups is 1. The molecule has 1 unspecified atom stereocenters. The van der Waals surface area contributed by atoms with Crippen LogP contribution in [0.2, 0.25) is 0 Å². The second-order valence-electron chi connectivity index (χ2n) is 5.47. The SMILES string of the molecule is CCNC(=NCC(C)C(=O)OC)NCCN1CCCCC1. The quantitative estimate of drug-likeness (QED) is 0.414. The molecule has 1 fully saturated rings. The minimum Gasteiger partial charge on any atom is -0.469 e.